The fourth-order valence-corrected chi connectivity index (χ4v) is 2.68. The van der Waals surface area contributed by atoms with E-state index in [1.165, 1.54) is 31.2 Å². The number of phenolic OH excluding ortho intramolecular Hbond substituents is 1. The first-order chi connectivity index (χ1) is 13.8. The first-order valence-electron chi connectivity index (χ1n) is 9.01. The fourth-order valence-electron chi connectivity index (χ4n) is 2.68. The number of nitrogens with one attached hydrogen (secondary N) is 2. The van der Waals surface area contributed by atoms with E-state index in [0.29, 0.717) is 11.3 Å². The molecule has 0 saturated heterocycles. The van der Waals surface area contributed by atoms with E-state index < -0.39 is 17.9 Å². The number of nitrogens with zero attached hydrogens (tertiary/aromatic N) is 2. The predicted octanol–water partition coefficient (Wildman–Crippen LogP) is 2.02. The van der Waals surface area contributed by atoms with Crippen LogP contribution in [-0.2, 0) is 16.0 Å². The Labute approximate surface area is 168 Å². The number of likely N-dealkylation sites (N-methyl/N-ethyl adjacent to an activating group) is 1. The molecule has 1 unspecified atom stereocenters. The van der Waals surface area contributed by atoms with Gasteiger partial charge in [-0.1, -0.05) is 12.1 Å². The van der Waals surface area contributed by atoms with Crippen molar-refractivity contribution in [3.8, 4) is 11.9 Å². The van der Waals surface area contributed by atoms with E-state index in [9.17, 15) is 24.8 Å². The van der Waals surface area contributed by atoms with Gasteiger partial charge in [0.05, 0.1) is 0 Å². The summed E-state index contributed by atoms with van der Waals surface area (Å²) < 4.78 is 0. The molecule has 0 spiro atoms. The van der Waals surface area contributed by atoms with Crippen LogP contribution in [0.1, 0.15) is 29.8 Å². The summed E-state index contributed by atoms with van der Waals surface area (Å²) in [6, 6.07) is 11.5. The van der Waals surface area contributed by atoms with Crippen LogP contribution < -0.4 is 10.6 Å². The Hall–Kier alpha value is -3.86. The van der Waals surface area contributed by atoms with Crippen LogP contribution in [0.2, 0.25) is 0 Å². The van der Waals surface area contributed by atoms with Crippen molar-refractivity contribution in [1.29, 1.82) is 5.26 Å². The van der Waals surface area contributed by atoms with Crippen molar-refractivity contribution < 1.29 is 19.5 Å². The molecular weight excluding hydrogens is 372 g/mol. The molecule has 0 heterocycles. The molecule has 0 radical (unpaired) electrons. The van der Waals surface area contributed by atoms with Gasteiger partial charge in [-0.25, -0.2) is 4.90 Å². The number of amides is 3. The second-order valence-corrected chi connectivity index (χ2v) is 6.34. The molecule has 0 aromatic heterocycles. The summed E-state index contributed by atoms with van der Waals surface area (Å²) >= 11 is 0. The van der Waals surface area contributed by atoms with Crippen LogP contribution in [0.3, 0.4) is 0 Å². The molecule has 150 valence electrons. The molecule has 3 amide bonds. The van der Waals surface area contributed by atoms with Crippen molar-refractivity contribution in [1.82, 2.24) is 10.2 Å². The zero-order chi connectivity index (χ0) is 21.4. The zero-order valence-corrected chi connectivity index (χ0v) is 16.2. The Morgan fingerprint density at radius 1 is 1.10 bits per heavy atom. The summed E-state index contributed by atoms with van der Waals surface area (Å²) in [5, 5.41) is 23.9. The van der Waals surface area contributed by atoms with Gasteiger partial charge in [0.1, 0.15) is 11.8 Å². The van der Waals surface area contributed by atoms with E-state index in [1.54, 1.807) is 31.2 Å². The normalized spacial score (nSPS) is 11.1. The molecule has 3 N–H and O–H groups in total. The highest BCUT2D eigenvalue weighted by atomic mass is 16.3. The van der Waals surface area contributed by atoms with Gasteiger partial charge >= 0.3 is 0 Å². The van der Waals surface area contributed by atoms with Gasteiger partial charge in [0.15, 0.2) is 6.19 Å². The monoisotopic (exact) mass is 394 g/mol. The van der Waals surface area contributed by atoms with Crippen LogP contribution in [-0.4, -0.2) is 40.3 Å². The van der Waals surface area contributed by atoms with Gasteiger partial charge < -0.3 is 15.7 Å². The summed E-state index contributed by atoms with van der Waals surface area (Å²) in [5.74, 6) is -1.14. The number of nitriles is 1. The van der Waals surface area contributed by atoms with Gasteiger partial charge in [-0.05, 0) is 48.9 Å². The highest BCUT2D eigenvalue weighted by molar-refractivity contribution is 5.98. The lowest BCUT2D eigenvalue weighted by atomic mass is 10.0. The lowest BCUT2D eigenvalue weighted by Gasteiger charge is -2.22. The number of anilines is 1. The van der Waals surface area contributed by atoms with Crippen molar-refractivity contribution in [2.45, 2.75) is 26.3 Å². The molecule has 0 aliphatic heterocycles. The third kappa shape index (κ3) is 6.07. The van der Waals surface area contributed by atoms with E-state index in [0.717, 1.165) is 10.5 Å². The molecule has 29 heavy (non-hydrogen) atoms. The van der Waals surface area contributed by atoms with Crippen molar-refractivity contribution in [3.63, 3.8) is 0 Å². The molecule has 0 bridgehead atoms. The molecule has 2 aromatic rings. The molecule has 2 rings (SSSR count). The molecule has 2 aromatic carbocycles. The van der Waals surface area contributed by atoms with E-state index in [1.807, 2.05) is 6.19 Å². The largest absolute Gasteiger partial charge is 0.508 e. The van der Waals surface area contributed by atoms with Gasteiger partial charge in [-0.3, -0.25) is 14.4 Å². The highest BCUT2D eigenvalue weighted by Crippen LogP contribution is 2.14. The molecule has 0 saturated carbocycles. The number of benzene rings is 2. The fraction of sp³-hybridized carbons (Fsp3) is 0.238. The minimum atomic E-state index is -0.957. The number of phenols is 1. The smallest absolute Gasteiger partial charge is 0.258 e. The SMILES string of the molecule is CCN(C#N)C(=O)C(Cc1ccc(O)cc1)NC(=O)c1ccc(NC(C)=O)cc1. The first kappa shape index (κ1) is 21.4. The van der Waals surface area contributed by atoms with E-state index in [-0.39, 0.29) is 24.6 Å². The Bertz CT molecular complexity index is 917. The third-order valence-electron chi connectivity index (χ3n) is 4.15. The molecular formula is C21H22N4O4. The van der Waals surface area contributed by atoms with Crippen molar-refractivity contribution >= 4 is 23.4 Å². The van der Waals surface area contributed by atoms with Gasteiger partial charge in [0.2, 0.25) is 5.91 Å². The number of hydrogen-bond donors (Lipinski definition) is 3. The van der Waals surface area contributed by atoms with Crippen LogP contribution in [0.4, 0.5) is 5.69 Å². The number of aromatic hydroxyl groups is 1. The summed E-state index contributed by atoms with van der Waals surface area (Å²) in [5.41, 5.74) is 1.58. The number of carbonyl (C=O) groups excluding carboxylic acids is 3. The minimum absolute atomic E-state index is 0.0899. The molecule has 8 nitrogen and oxygen atoms in total. The topological polar surface area (TPSA) is 123 Å². The Kier molecular flexibility index (Phi) is 7.32. The third-order valence-corrected chi connectivity index (χ3v) is 4.15. The Morgan fingerprint density at radius 3 is 2.24 bits per heavy atom. The van der Waals surface area contributed by atoms with E-state index in [4.69, 9.17) is 0 Å². The van der Waals surface area contributed by atoms with Crippen molar-refractivity contribution in [3.05, 3.63) is 59.7 Å². The van der Waals surface area contributed by atoms with Crippen LogP contribution in [0, 0.1) is 11.5 Å². The van der Waals surface area contributed by atoms with Crippen LogP contribution >= 0.6 is 0 Å². The maximum absolute atomic E-state index is 12.7. The Balaban J connectivity index is 2.20. The highest BCUT2D eigenvalue weighted by Gasteiger charge is 2.26. The molecule has 1 atom stereocenters. The molecule has 0 aliphatic rings. The van der Waals surface area contributed by atoms with Gasteiger partial charge in [-0.2, -0.15) is 5.26 Å². The maximum Gasteiger partial charge on any atom is 0.258 e. The zero-order valence-electron chi connectivity index (χ0n) is 16.2. The molecule has 8 heteroatoms. The van der Waals surface area contributed by atoms with Crippen LogP contribution in [0.25, 0.3) is 0 Å². The maximum atomic E-state index is 12.7. The van der Waals surface area contributed by atoms with Gasteiger partial charge in [-0.15, -0.1) is 0 Å². The molecule has 0 aliphatic carbocycles. The summed E-state index contributed by atoms with van der Waals surface area (Å²) in [7, 11) is 0. The average molecular weight is 394 g/mol. The average Bonchev–Trinajstić information content (AvgIpc) is 2.70. The standard InChI is InChI=1S/C21H22N4O4/c1-3-25(13-22)21(29)19(12-15-4-10-18(27)11-5-15)24-20(28)16-6-8-17(9-7-16)23-14(2)26/h4-11,19,27H,3,12H2,1-2H3,(H,23,26)(H,24,28). The lowest BCUT2D eigenvalue weighted by Crippen LogP contribution is -2.48. The molecule has 0 fully saturated rings. The quantitative estimate of drug-likeness (QED) is 0.490. The summed E-state index contributed by atoms with van der Waals surface area (Å²) in [6.45, 7) is 3.23. The van der Waals surface area contributed by atoms with E-state index >= 15 is 0 Å². The van der Waals surface area contributed by atoms with Crippen molar-refractivity contribution in [2.24, 2.45) is 0 Å². The summed E-state index contributed by atoms with van der Waals surface area (Å²) in [4.78, 5) is 37.4. The predicted molar refractivity (Wildman–Crippen MR) is 107 cm³/mol. The van der Waals surface area contributed by atoms with Crippen LogP contribution in [0.15, 0.2) is 48.5 Å². The lowest BCUT2D eigenvalue weighted by molar-refractivity contribution is -0.130. The van der Waals surface area contributed by atoms with Crippen molar-refractivity contribution in [2.75, 3.05) is 11.9 Å². The Morgan fingerprint density at radius 2 is 1.72 bits per heavy atom. The number of carbonyl (C=O) groups is 3. The second-order valence-electron chi connectivity index (χ2n) is 6.34. The van der Waals surface area contributed by atoms with Crippen LogP contribution in [0.5, 0.6) is 5.75 Å². The minimum Gasteiger partial charge on any atom is -0.508 e. The summed E-state index contributed by atoms with van der Waals surface area (Å²) in [6.07, 6.45) is 1.98. The number of hydrogen-bond acceptors (Lipinski definition) is 5. The van der Waals surface area contributed by atoms with Gasteiger partial charge in [0.25, 0.3) is 11.8 Å². The first-order valence-corrected chi connectivity index (χ1v) is 9.01. The second kappa shape index (κ2) is 9.90. The van der Waals surface area contributed by atoms with E-state index in [2.05, 4.69) is 10.6 Å². The number of rotatable bonds is 7. The van der Waals surface area contributed by atoms with Gasteiger partial charge in [0, 0.05) is 31.1 Å².